The molecule has 5 heteroatoms. The molecule has 1 atom stereocenters. The van der Waals surface area contributed by atoms with Crippen molar-refractivity contribution >= 4 is 20.9 Å². The van der Waals surface area contributed by atoms with E-state index in [2.05, 4.69) is 34.8 Å². The molecule has 0 fully saturated rings. The van der Waals surface area contributed by atoms with Gasteiger partial charge < -0.3 is 4.98 Å². The molecule has 2 N–H and O–H groups in total. The van der Waals surface area contributed by atoms with E-state index in [-0.39, 0.29) is 11.8 Å². The third kappa shape index (κ3) is 2.47. The first-order valence-electron chi connectivity index (χ1n) is 7.08. The Bertz CT molecular complexity index is 747. The molecule has 0 aliphatic heterocycles. The van der Waals surface area contributed by atoms with Crippen molar-refractivity contribution in [3.63, 3.8) is 0 Å². The molecule has 0 amide bonds. The molecule has 0 saturated carbocycles. The molecule has 0 radical (unpaired) electrons. The normalized spacial score (nSPS) is 19.2. The number of hydrogen-bond acceptors (Lipinski definition) is 2. The minimum absolute atomic E-state index is 0.0154. The summed E-state index contributed by atoms with van der Waals surface area (Å²) in [6, 6.07) is 6.43. The predicted molar refractivity (Wildman–Crippen MR) is 81.4 cm³/mol. The van der Waals surface area contributed by atoms with Crippen molar-refractivity contribution in [3.8, 4) is 0 Å². The van der Waals surface area contributed by atoms with Crippen LogP contribution in [0.15, 0.2) is 18.2 Å². The van der Waals surface area contributed by atoms with Gasteiger partial charge in [-0.05, 0) is 44.4 Å². The standard InChI is InChI=1S/C15H20N2O2S/c1-3-20(18,19)17-11-5-6-12-13-8-10(2)4-7-14(13)16-15(12)9-11/h4,7-8,11,16-17H,3,5-6,9H2,1-2H3. The van der Waals surface area contributed by atoms with Crippen molar-refractivity contribution in [1.29, 1.82) is 0 Å². The Labute approximate surface area is 119 Å². The molecule has 0 saturated heterocycles. The minimum atomic E-state index is -3.12. The van der Waals surface area contributed by atoms with E-state index in [0.717, 1.165) is 24.8 Å². The number of nitrogens with one attached hydrogen (secondary N) is 2. The minimum Gasteiger partial charge on any atom is -0.358 e. The monoisotopic (exact) mass is 292 g/mol. The Kier molecular flexibility index (Phi) is 3.34. The van der Waals surface area contributed by atoms with E-state index >= 15 is 0 Å². The number of hydrogen-bond donors (Lipinski definition) is 2. The topological polar surface area (TPSA) is 62.0 Å². The molecule has 0 spiro atoms. The smallest absolute Gasteiger partial charge is 0.211 e. The van der Waals surface area contributed by atoms with E-state index in [4.69, 9.17) is 0 Å². The summed E-state index contributed by atoms with van der Waals surface area (Å²) in [7, 11) is -3.12. The molecule has 20 heavy (non-hydrogen) atoms. The summed E-state index contributed by atoms with van der Waals surface area (Å²) < 4.78 is 26.1. The fourth-order valence-electron chi connectivity index (χ4n) is 2.98. The second-order valence-corrected chi connectivity index (χ2v) is 7.63. The van der Waals surface area contributed by atoms with E-state index < -0.39 is 10.0 Å². The lowest BCUT2D eigenvalue weighted by Crippen LogP contribution is -2.39. The lowest BCUT2D eigenvalue weighted by Gasteiger charge is -2.23. The molecule has 3 rings (SSSR count). The molecule has 1 aliphatic rings. The van der Waals surface area contributed by atoms with Gasteiger partial charge in [0.1, 0.15) is 0 Å². The molecule has 1 aromatic carbocycles. The Morgan fingerprint density at radius 3 is 2.95 bits per heavy atom. The first-order chi connectivity index (χ1) is 9.48. The Balaban J connectivity index is 1.91. The van der Waals surface area contributed by atoms with Crippen LogP contribution in [0.5, 0.6) is 0 Å². The Morgan fingerprint density at radius 2 is 2.20 bits per heavy atom. The number of H-pyrrole nitrogens is 1. The fraction of sp³-hybridized carbons (Fsp3) is 0.467. The van der Waals surface area contributed by atoms with E-state index in [0.29, 0.717) is 0 Å². The number of sulfonamides is 1. The van der Waals surface area contributed by atoms with Crippen LogP contribution in [0.1, 0.15) is 30.2 Å². The van der Waals surface area contributed by atoms with Gasteiger partial charge in [0, 0.05) is 29.1 Å². The molecule has 108 valence electrons. The molecule has 1 unspecified atom stereocenters. The van der Waals surface area contributed by atoms with Crippen LogP contribution in [0.25, 0.3) is 10.9 Å². The van der Waals surface area contributed by atoms with Crippen molar-refractivity contribution in [2.75, 3.05) is 5.75 Å². The molecule has 1 aliphatic carbocycles. The van der Waals surface area contributed by atoms with Gasteiger partial charge in [0.2, 0.25) is 10.0 Å². The van der Waals surface area contributed by atoms with Crippen molar-refractivity contribution in [3.05, 3.63) is 35.0 Å². The highest BCUT2D eigenvalue weighted by atomic mass is 32.2. The van der Waals surface area contributed by atoms with E-state index in [1.807, 2.05) is 0 Å². The van der Waals surface area contributed by atoms with Crippen molar-refractivity contribution in [2.45, 2.75) is 39.2 Å². The maximum atomic E-state index is 11.7. The highest BCUT2D eigenvalue weighted by Gasteiger charge is 2.25. The second kappa shape index (κ2) is 4.90. The molecular formula is C15H20N2O2S. The lowest BCUT2D eigenvalue weighted by atomic mass is 9.92. The van der Waals surface area contributed by atoms with Crippen LogP contribution >= 0.6 is 0 Å². The summed E-state index contributed by atoms with van der Waals surface area (Å²) in [6.45, 7) is 3.77. The molecular weight excluding hydrogens is 272 g/mol. The largest absolute Gasteiger partial charge is 0.358 e. The molecule has 4 nitrogen and oxygen atoms in total. The van der Waals surface area contributed by atoms with Gasteiger partial charge in [-0.3, -0.25) is 0 Å². The zero-order chi connectivity index (χ0) is 14.3. The van der Waals surface area contributed by atoms with Gasteiger partial charge in [-0.25, -0.2) is 13.1 Å². The quantitative estimate of drug-likeness (QED) is 0.911. The van der Waals surface area contributed by atoms with Gasteiger partial charge in [-0.1, -0.05) is 11.6 Å². The van der Waals surface area contributed by atoms with Crippen LogP contribution < -0.4 is 4.72 Å². The van der Waals surface area contributed by atoms with Crippen LogP contribution in [0.2, 0.25) is 0 Å². The van der Waals surface area contributed by atoms with Crippen LogP contribution in [-0.2, 0) is 22.9 Å². The highest BCUT2D eigenvalue weighted by Crippen LogP contribution is 2.30. The summed E-state index contributed by atoms with van der Waals surface area (Å²) in [5, 5.41) is 1.29. The van der Waals surface area contributed by atoms with Gasteiger partial charge in [0.25, 0.3) is 0 Å². The van der Waals surface area contributed by atoms with E-state index in [1.54, 1.807) is 6.92 Å². The molecule has 2 aromatic rings. The SMILES string of the molecule is CCS(=O)(=O)NC1CCc2c([nH]c3ccc(C)cc23)C1. The summed E-state index contributed by atoms with van der Waals surface area (Å²) in [5.74, 6) is 0.141. The predicted octanol–water partition coefficient (Wildman–Crippen LogP) is 2.27. The van der Waals surface area contributed by atoms with Crippen LogP contribution in [0, 0.1) is 6.92 Å². The first-order valence-corrected chi connectivity index (χ1v) is 8.74. The maximum Gasteiger partial charge on any atom is 0.211 e. The summed E-state index contributed by atoms with van der Waals surface area (Å²) in [5.41, 5.74) is 4.95. The fourth-order valence-corrected chi connectivity index (χ4v) is 3.86. The van der Waals surface area contributed by atoms with Crippen molar-refractivity contribution < 1.29 is 8.42 Å². The third-order valence-electron chi connectivity index (χ3n) is 4.07. The van der Waals surface area contributed by atoms with Crippen LogP contribution in [0.3, 0.4) is 0 Å². The highest BCUT2D eigenvalue weighted by molar-refractivity contribution is 7.89. The summed E-state index contributed by atoms with van der Waals surface area (Å²) in [6.07, 6.45) is 2.55. The number of rotatable bonds is 3. The molecule has 1 aromatic heterocycles. The third-order valence-corrected chi connectivity index (χ3v) is 5.52. The van der Waals surface area contributed by atoms with Gasteiger partial charge in [0.15, 0.2) is 0 Å². The van der Waals surface area contributed by atoms with Crippen LogP contribution in [0.4, 0.5) is 0 Å². The second-order valence-electron chi connectivity index (χ2n) is 5.59. The summed E-state index contributed by atoms with van der Waals surface area (Å²) in [4.78, 5) is 3.44. The summed E-state index contributed by atoms with van der Waals surface area (Å²) >= 11 is 0. The molecule has 1 heterocycles. The van der Waals surface area contributed by atoms with Gasteiger partial charge in [0.05, 0.1) is 5.75 Å². The van der Waals surface area contributed by atoms with Gasteiger partial charge in [-0.2, -0.15) is 0 Å². The maximum absolute atomic E-state index is 11.7. The van der Waals surface area contributed by atoms with Crippen LogP contribution in [-0.4, -0.2) is 25.2 Å². The molecule has 0 bridgehead atoms. The Morgan fingerprint density at radius 1 is 1.40 bits per heavy atom. The number of benzene rings is 1. The number of fused-ring (bicyclic) bond motifs is 3. The average molecular weight is 292 g/mol. The zero-order valence-corrected chi connectivity index (χ0v) is 12.7. The number of aryl methyl sites for hydroxylation is 2. The van der Waals surface area contributed by atoms with Gasteiger partial charge >= 0.3 is 0 Å². The van der Waals surface area contributed by atoms with Crippen molar-refractivity contribution in [1.82, 2.24) is 9.71 Å². The van der Waals surface area contributed by atoms with Gasteiger partial charge in [-0.15, -0.1) is 0 Å². The van der Waals surface area contributed by atoms with E-state index in [1.165, 1.54) is 22.2 Å². The number of aromatic amines is 1. The van der Waals surface area contributed by atoms with Crippen molar-refractivity contribution in [2.24, 2.45) is 0 Å². The number of aromatic nitrogens is 1. The zero-order valence-electron chi connectivity index (χ0n) is 11.9. The lowest BCUT2D eigenvalue weighted by molar-refractivity contribution is 0.506. The first kappa shape index (κ1) is 13.6. The Hall–Kier alpha value is -1.33. The average Bonchev–Trinajstić information content (AvgIpc) is 2.75. The van der Waals surface area contributed by atoms with E-state index in [9.17, 15) is 8.42 Å².